The quantitative estimate of drug-likeness (QED) is 0.761. The van der Waals surface area contributed by atoms with Crippen LogP contribution in [0.15, 0.2) is 18.2 Å². The molecule has 2 aliphatic rings. The molecule has 1 heterocycles. The van der Waals surface area contributed by atoms with Crippen LogP contribution in [-0.4, -0.2) is 10.7 Å². The Bertz CT molecular complexity index is 417. The van der Waals surface area contributed by atoms with E-state index >= 15 is 0 Å². The molecule has 0 amide bonds. The third-order valence-electron chi connectivity index (χ3n) is 3.32. The number of hydrogen-bond acceptors (Lipinski definition) is 2. The zero-order chi connectivity index (χ0) is 10.7. The van der Waals surface area contributed by atoms with Gasteiger partial charge in [0.05, 0.1) is 5.60 Å². The monoisotopic (exact) mass is 204 g/mol. The highest BCUT2D eigenvalue weighted by Gasteiger charge is 2.43. The second-order valence-corrected chi connectivity index (χ2v) is 5.39. The Morgan fingerprint density at radius 1 is 1.27 bits per heavy atom. The molecule has 3 rings (SSSR count). The van der Waals surface area contributed by atoms with Crippen LogP contribution in [-0.2, 0) is 12.0 Å². The lowest BCUT2D eigenvalue weighted by molar-refractivity contribution is 0.138. The zero-order valence-corrected chi connectivity index (χ0v) is 9.21. The van der Waals surface area contributed by atoms with Crippen molar-refractivity contribution in [3.05, 3.63) is 29.3 Å². The number of ether oxygens (including phenoxy) is 1. The molecule has 1 saturated carbocycles. The Balaban J connectivity index is 1.99. The van der Waals surface area contributed by atoms with Crippen molar-refractivity contribution in [1.29, 1.82) is 0 Å². The summed E-state index contributed by atoms with van der Waals surface area (Å²) in [6, 6.07) is 6.10. The van der Waals surface area contributed by atoms with E-state index < -0.39 is 5.60 Å². The molecule has 2 heteroatoms. The Kier molecular flexibility index (Phi) is 1.57. The maximum atomic E-state index is 10.0. The predicted molar refractivity (Wildman–Crippen MR) is 58.0 cm³/mol. The fourth-order valence-electron chi connectivity index (χ4n) is 2.31. The standard InChI is InChI=1S/C13H16O2/c1-12(2)8-9-7-10(13(14)5-6-13)3-4-11(9)15-12/h3-4,7,14H,5-6,8H2,1-2H3. The van der Waals surface area contributed by atoms with Gasteiger partial charge in [0.1, 0.15) is 11.4 Å². The molecular formula is C13H16O2. The molecule has 15 heavy (non-hydrogen) atoms. The molecule has 0 atom stereocenters. The summed E-state index contributed by atoms with van der Waals surface area (Å²) in [6.45, 7) is 4.19. The summed E-state index contributed by atoms with van der Waals surface area (Å²) < 4.78 is 5.80. The Labute approximate surface area is 89.9 Å². The van der Waals surface area contributed by atoms with Crippen LogP contribution >= 0.6 is 0 Å². The fraction of sp³-hybridized carbons (Fsp3) is 0.538. The summed E-state index contributed by atoms with van der Waals surface area (Å²) in [5.74, 6) is 0.980. The van der Waals surface area contributed by atoms with Crippen molar-refractivity contribution in [3.63, 3.8) is 0 Å². The normalized spacial score (nSPS) is 24.5. The molecule has 1 N–H and O–H groups in total. The van der Waals surface area contributed by atoms with Crippen molar-refractivity contribution in [1.82, 2.24) is 0 Å². The summed E-state index contributed by atoms with van der Waals surface area (Å²) in [6.07, 6.45) is 2.73. The minimum Gasteiger partial charge on any atom is -0.487 e. The first-order chi connectivity index (χ1) is 6.99. The second kappa shape index (κ2) is 2.56. The fourth-order valence-corrected chi connectivity index (χ4v) is 2.31. The predicted octanol–water partition coefficient (Wildman–Crippen LogP) is 2.38. The summed E-state index contributed by atoms with van der Waals surface area (Å²) in [5, 5.41) is 10.0. The summed E-state index contributed by atoms with van der Waals surface area (Å²) in [5.41, 5.74) is 1.68. The first-order valence-corrected chi connectivity index (χ1v) is 5.53. The van der Waals surface area contributed by atoms with E-state index in [0.717, 1.165) is 30.6 Å². The van der Waals surface area contributed by atoms with E-state index in [-0.39, 0.29) is 5.60 Å². The molecule has 1 aromatic carbocycles. The Morgan fingerprint density at radius 3 is 2.67 bits per heavy atom. The van der Waals surface area contributed by atoms with Gasteiger partial charge in [0.25, 0.3) is 0 Å². The van der Waals surface area contributed by atoms with Crippen LogP contribution in [0.5, 0.6) is 5.75 Å². The SMILES string of the molecule is CC1(C)Cc2cc(C3(O)CC3)ccc2O1. The lowest BCUT2D eigenvalue weighted by Gasteiger charge is -2.16. The van der Waals surface area contributed by atoms with Crippen molar-refractivity contribution in [2.75, 3.05) is 0 Å². The zero-order valence-electron chi connectivity index (χ0n) is 9.21. The summed E-state index contributed by atoms with van der Waals surface area (Å²) in [7, 11) is 0. The van der Waals surface area contributed by atoms with Crippen molar-refractivity contribution in [2.24, 2.45) is 0 Å². The summed E-state index contributed by atoms with van der Waals surface area (Å²) >= 11 is 0. The van der Waals surface area contributed by atoms with Gasteiger partial charge < -0.3 is 9.84 Å². The minimum absolute atomic E-state index is 0.0902. The summed E-state index contributed by atoms with van der Waals surface area (Å²) in [4.78, 5) is 0. The average Bonchev–Trinajstić information content (AvgIpc) is 2.78. The molecule has 0 radical (unpaired) electrons. The van der Waals surface area contributed by atoms with Crippen LogP contribution in [0.2, 0.25) is 0 Å². The van der Waals surface area contributed by atoms with Gasteiger partial charge in [-0.1, -0.05) is 6.07 Å². The van der Waals surface area contributed by atoms with E-state index in [4.69, 9.17) is 4.74 Å². The first kappa shape index (κ1) is 9.22. The van der Waals surface area contributed by atoms with Crippen LogP contribution in [0.25, 0.3) is 0 Å². The van der Waals surface area contributed by atoms with Gasteiger partial charge in [-0.2, -0.15) is 0 Å². The highest BCUT2D eigenvalue weighted by molar-refractivity contribution is 5.44. The molecule has 80 valence electrons. The smallest absolute Gasteiger partial charge is 0.123 e. The Hall–Kier alpha value is -1.02. The molecule has 1 aliphatic heterocycles. The lowest BCUT2D eigenvalue weighted by atomic mass is 9.98. The van der Waals surface area contributed by atoms with E-state index in [1.54, 1.807) is 0 Å². The van der Waals surface area contributed by atoms with Crippen LogP contribution < -0.4 is 4.74 Å². The third kappa shape index (κ3) is 1.44. The molecule has 1 fully saturated rings. The van der Waals surface area contributed by atoms with Gasteiger partial charge >= 0.3 is 0 Å². The van der Waals surface area contributed by atoms with E-state index in [1.807, 2.05) is 12.1 Å². The van der Waals surface area contributed by atoms with Crippen LogP contribution in [0, 0.1) is 0 Å². The van der Waals surface area contributed by atoms with Gasteiger partial charge in [0.2, 0.25) is 0 Å². The molecule has 0 saturated heterocycles. The van der Waals surface area contributed by atoms with Gasteiger partial charge in [-0.3, -0.25) is 0 Å². The largest absolute Gasteiger partial charge is 0.487 e. The number of fused-ring (bicyclic) bond motifs is 1. The first-order valence-electron chi connectivity index (χ1n) is 5.53. The molecule has 1 aromatic rings. The van der Waals surface area contributed by atoms with Gasteiger partial charge in [0, 0.05) is 6.42 Å². The van der Waals surface area contributed by atoms with E-state index in [2.05, 4.69) is 19.9 Å². The minimum atomic E-state index is -0.526. The molecule has 2 nitrogen and oxygen atoms in total. The molecule has 0 aromatic heterocycles. The van der Waals surface area contributed by atoms with Gasteiger partial charge in [0.15, 0.2) is 0 Å². The highest BCUT2D eigenvalue weighted by Crippen LogP contribution is 2.47. The van der Waals surface area contributed by atoms with E-state index in [1.165, 1.54) is 5.56 Å². The second-order valence-electron chi connectivity index (χ2n) is 5.39. The average molecular weight is 204 g/mol. The van der Waals surface area contributed by atoms with Crippen LogP contribution in [0.4, 0.5) is 0 Å². The van der Waals surface area contributed by atoms with Gasteiger partial charge in [-0.05, 0) is 49.9 Å². The van der Waals surface area contributed by atoms with E-state index in [0.29, 0.717) is 0 Å². The number of benzene rings is 1. The topological polar surface area (TPSA) is 29.5 Å². The van der Waals surface area contributed by atoms with Crippen molar-refractivity contribution >= 4 is 0 Å². The molecule has 0 bridgehead atoms. The molecule has 0 unspecified atom stereocenters. The van der Waals surface area contributed by atoms with Gasteiger partial charge in [-0.15, -0.1) is 0 Å². The third-order valence-corrected chi connectivity index (χ3v) is 3.32. The molecule has 0 spiro atoms. The van der Waals surface area contributed by atoms with Crippen molar-refractivity contribution in [2.45, 2.75) is 44.3 Å². The van der Waals surface area contributed by atoms with Crippen molar-refractivity contribution in [3.8, 4) is 5.75 Å². The maximum Gasteiger partial charge on any atom is 0.123 e. The number of hydrogen-bond donors (Lipinski definition) is 1. The van der Waals surface area contributed by atoms with Gasteiger partial charge in [-0.25, -0.2) is 0 Å². The Morgan fingerprint density at radius 2 is 2.00 bits per heavy atom. The molecular weight excluding hydrogens is 188 g/mol. The number of rotatable bonds is 1. The highest BCUT2D eigenvalue weighted by atomic mass is 16.5. The molecule has 1 aliphatic carbocycles. The maximum absolute atomic E-state index is 10.0. The van der Waals surface area contributed by atoms with Crippen molar-refractivity contribution < 1.29 is 9.84 Å². The van der Waals surface area contributed by atoms with Crippen LogP contribution in [0.1, 0.15) is 37.8 Å². The number of aliphatic hydroxyl groups is 1. The van der Waals surface area contributed by atoms with E-state index in [9.17, 15) is 5.11 Å². The van der Waals surface area contributed by atoms with Crippen LogP contribution in [0.3, 0.4) is 0 Å². The lowest BCUT2D eigenvalue weighted by Crippen LogP contribution is -2.24.